The number of likely N-dealkylation sites (tertiary alicyclic amines) is 1. The zero-order valence-electron chi connectivity index (χ0n) is 17.0. The van der Waals surface area contributed by atoms with E-state index in [-0.39, 0.29) is 17.7 Å². The standard InChI is InChI=1S/C23H27N5O2/c29-22-13-12-19(17-27(22)15-6-9-18-7-2-1-3-8-18)23(30)24-14-16-28-21-11-5-4-10-20(21)25-26-28/h1-5,7-8,10-11,19H,6,9,12-17H2,(H,24,30)/t19-/m0/s1. The van der Waals surface area contributed by atoms with Crippen molar-refractivity contribution in [3.63, 3.8) is 0 Å². The van der Waals surface area contributed by atoms with Crippen LogP contribution in [0.25, 0.3) is 11.0 Å². The highest BCUT2D eigenvalue weighted by molar-refractivity contribution is 5.83. The van der Waals surface area contributed by atoms with Crippen molar-refractivity contribution < 1.29 is 9.59 Å². The van der Waals surface area contributed by atoms with Crippen molar-refractivity contribution >= 4 is 22.8 Å². The Hall–Kier alpha value is -3.22. The fraction of sp³-hybridized carbons (Fsp3) is 0.391. The number of nitrogens with one attached hydrogen (secondary N) is 1. The maximum absolute atomic E-state index is 12.6. The van der Waals surface area contributed by atoms with Crippen molar-refractivity contribution in [3.05, 3.63) is 60.2 Å². The summed E-state index contributed by atoms with van der Waals surface area (Å²) in [6, 6.07) is 18.0. The molecule has 0 spiro atoms. The van der Waals surface area contributed by atoms with Crippen molar-refractivity contribution in [2.24, 2.45) is 5.92 Å². The average molecular weight is 406 g/mol. The molecule has 1 N–H and O–H groups in total. The molecule has 30 heavy (non-hydrogen) atoms. The zero-order chi connectivity index (χ0) is 20.8. The van der Waals surface area contributed by atoms with Gasteiger partial charge in [0, 0.05) is 26.1 Å². The van der Waals surface area contributed by atoms with Crippen LogP contribution in [0, 0.1) is 5.92 Å². The molecule has 7 heteroatoms. The minimum atomic E-state index is -0.146. The lowest BCUT2D eigenvalue weighted by molar-refractivity contribution is -0.138. The highest BCUT2D eigenvalue weighted by Gasteiger charge is 2.29. The van der Waals surface area contributed by atoms with E-state index in [0.717, 1.165) is 23.9 Å². The monoisotopic (exact) mass is 405 g/mol. The predicted octanol–water partition coefficient (Wildman–Crippen LogP) is 2.42. The van der Waals surface area contributed by atoms with E-state index in [0.29, 0.717) is 39.0 Å². The second-order valence-corrected chi connectivity index (χ2v) is 7.76. The van der Waals surface area contributed by atoms with Gasteiger partial charge in [-0.15, -0.1) is 5.10 Å². The molecule has 1 saturated heterocycles. The summed E-state index contributed by atoms with van der Waals surface area (Å²) in [6.07, 6.45) is 2.90. The molecule has 0 bridgehead atoms. The highest BCUT2D eigenvalue weighted by Crippen LogP contribution is 2.18. The molecular formula is C23H27N5O2. The molecule has 0 aliphatic carbocycles. The fourth-order valence-electron chi connectivity index (χ4n) is 3.98. The van der Waals surface area contributed by atoms with Gasteiger partial charge in [0.25, 0.3) is 0 Å². The number of nitrogens with zero attached hydrogens (tertiary/aromatic N) is 4. The number of carbonyl (C=O) groups is 2. The first-order chi connectivity index (χ1) is 14.7. The lowest BCUT2D eigenvalue weighted by Gasteiger charge is -2.32. The Balaban J connectivity index is 1.24. The van der Waals surface area contributed by atoms with Crippen LogP contribution in [-0.4, -0.2) is 51.3 Å². The van der Waals surface area contributed by atoms with Crippen molar-refractivity contribution in [2.45, 2.75) is 32.2 Å². The molecule has 2 amide bonds. The summed E-state index contributed by atoms with van der Waals surface area (Å²) in [6.45, 7) is 2.26. The lowest BCUT2D eigenvalue weighted by Crippen LogP contribution is -2.46. The van der Waals surface area contributed by atoms with E-state index in [9.17, 15) is 9.59 Å². The van der Waals surface area contributed by atoms with Crippen LogP contribution in [0.15, 0.2) is 54.6 Å². The van der Waals surface area contributed by atoms with Gasteiger partial charge >= 0.3 is 0 Å². The Morgan fingerprint density at radius 1 is 1.07 bits per heavy atom. The second-order valence-electron chi connectivity index (χ2n) is 7.76. The summed E-state index contributed by atoms with van der Waals surface area (Å²) in [7, 11) is 0. The van der Waals surface area contributed by atoms with Crippen LogP contribution < -0.4 is 5.32 Å². The van der Waals surface area contributed by atoms with E-state index in [1.54, 1.807) is 4.68 Å². The molecule has 2 aromatic carbocycles. The Morgan fingerprint density at radius 2 is 1.87 bits per heavy atom. The first kappa shape index (κ1) is 20.1. The summed E-state index contributed by atoms with van der Waals surface area (Å²) in [5.74, 6) is 0.0214. The molecule has 0 saturated carbocycles. The molecule has 1 atom stereocenters. The topological polar surface area (TPSA) is 80.1 Å². The molecule has 4 rings (SSSR count). The third-order valence-corrected chi connectivity index (χ3v) is 5.65. The van der Waals surface area contributed by atoms with Gasteiger partial charge in [-0.2, -0.15) is 0 Å². The van der Waals surface area contributed by atoms with Gasteiger partial charge in [-0.25, -0.2) is 4.68 Å². The smallest absolute Gasteiger partial charge is 0.224 e. The SMILES string of the molecule is O=C(NCCn1nnc2ccccc21)[C@H]1CCC(=O)N(CCCc2ccccc2)C1. The van der Waals surface area contributed by atoms with Crippen LogP contribution in [0.3, 0.4) is 0 Å². The Labute approximate surface area is 176 Å². The van der Waals surface area contributed by atoms with Gasteiger partial charge in [0.05, 0.1) is 18.0 Å². The molecule has 1 aromatic heterocycles. The number of para-hydroxylation sites is 1. The van der Waals surface area contributed by atoms with Crippen molar-refractivity contribution in [3.8, 4) is 0 Å². The van der Waals surface area contributed by atoms with Gasteiger partial charge in [0.1, 0.15) is 5.52 Å². The molecule has 0 radical (unpaired) electrons. The number of rotatable bonds is 8. The van der Waals surface area contributed by atoms with Crippen molar-refractivity contribution in [2.75, 3.05) is 19.6 Å². The summed E-state index contributed by atoms with van der Waals surface area (Å²) in [4.78, 5) is 26.8. The lowest BCUT2D eigenvalue weighted by atomic mass is 9.96. The molecule has 3 aromatic rings. The third kappa shape index (κ3) is 4.84. The number of benzene rings is 2. The quantitative estimate of drug-likeness (QED) is 0.624. The van der Waals surface area contributed by atoms with E-state index in [2.05, 4.69) is 27.8 Å². The first-order valence-electron chi connectivity index (χ1n) is 10.6. The minimum absolute atomic E-state index is 0.0139. The van der Waals surface area contributed by atoms with Crippen LogP contribution in [0.5, 0.6) is 0 Å². The van der Waals surface area contributed by atoms with Crippen LogP contribution in [-0.2, 0) is 22.6 Å². The Morgan fingerprint density at radius 3 is 2.73 bits per heavy atom. The van der Waals surface area contributed by atoms with Crippen molar-refractivity contribution in [1.82, 2.24) is 25.2 Å². The number of amides is 2. The maximum Gasteiger partial charge on any atom is 0.224 e. The van der Waals surface area contributed by atoms with E-state index < -0.39 is 0 Å². The van der Waals surface area contributed by atoms with Gasteiger partial charge < -0.3 is 10.2 Å². The highest BCUT2D eigenvalue weighted by atomic mass is 16.2. The van der Waals surface area contributed by atoms with E-state index in [4.69, 9.17) is 0 Å². The largest absolute Gasteiger partial charge is 0.354 e. The van der Waals surface area contributed by atoms with E-state index in [1.165, 1.54) is 5.56 Å². The Bertz CT molecular complexity index is 1000. The van der Waals surface area contributed by atoms with Gasteiger partial charge in [-0.1, -0.05) is 47.7 Å². The van der Waals surface area contributed by atoms with Crippen LogP contribution in [0.1, 0.15) is 24.8 Å². The molecule has 1 aliphatic rings. The molecule has 7 nitrogen and oxygen atoms in total. The molecular weight excluding hydrogens is 378 g/mol. The van der Waals surface area contributed by atoms with E-state index in [1.807, 2.05) is 47.4 Å². The first-order valence-corrected chi connectivity index (χ1v) is 10.6. The zero-order valence-corrected chi connectivity index (χ0v) is 17.0. The van der Waals surface area contributed by atoms with Crippen LogP contribution >= 0.6 is 0 Å². The van der Waals surface area contributed by atoms with Crippen LogP contribution in [0.4, 0.5) is 0 Å². The Kier molecular flexibility index (Phi) is 6.37. The number of piperidine rings is 1. The summed E-state index contributed by atoms with van der Waals surface area (Å²) in [5.41, 5.74) is 3.08. The van der Waals surface area contributed by atoms with Gasteiger partial charge in [-0.05, 0) is 37.0 Å². The van der Waals surface area contributed by atoms with E-state index >= 15 is 0 Å². The fourth-order valence-corrected chi connectivity index (χ4v) is 3.98. The van der Waals surface area contributed by atoms with Crippen LogP contribution in [0.2, 0.25) is 0 Å². The van der Waals surface area contributed by atoms with Gasteiger partial charge in [0.15, 0.2) is 0 Å². The third-order valence-electron chi connectivity index (χ3n) is 5.65. The number of aromatic nitrogens is 3. The molecule has 0 unspecified atom stereocenters. The number of aryl methyl sites for hydroxylation is 1. The molecule has 2 heterocycles. The number of hydrogen-bond donors (Lipinski definition) is 1. The number of fused-ring (bicyclic) bond motifs is 1. The maximum atomic E-state index is 12.6. The molecule has 156 valence electrons. The van der Waals surface area contributed by atoms with Gasteiger partial charge in [-0.3, -0.25) is 9.59 Å². The van der Waals surface area contributed by atoms with Gasteiger partial charge in [0.2, 0.25) is 11.8 Å². The normalized spacial score (nSPS) is 16.7. The number of hydrogen-bond acceptors (Lipinski definition) is 4. The summed E-state index contributed by atoms with van der Waals surface area (Å²) >= 11 is 0. The minimum Gasteiger partial charge on any atom is -0.354 e. The average Bonchev–Trinajstić information content (AvgIpc) is 3.19. The predicted molar refractivity (Wildman–Crippen MR) is 115 cm³/mol. The summed E-state index contributed by atoms with van der Waals surface area (Å²) < 4.78 is 1.80. The summed E-state index contributed by atoms with van der Waals surface area (Å²) in [5, 5.41) is 11.3. The number of carbonyl (C=O) groups excluding carboxylic acids is 2. The molecule has 1 fully saturated rings. The van der Waals surface area contributed by atoms with Crippen molar-refractivity contribution in [1.29, 1.82) is 0 Å². The second kappa shape index (κ2) is 9.52. The molecule has 1 aliphatic heterocycles.